The van der Waals surface area contributed by atoms with Crippen LogP contribution in [-0.2, 0) is 22.0 Å². The topological polar surface area (TPSA) is 76.1 Å². The van der Waals surface area contributed by atoms with Gasteiger partial charge in [-0.1, -0.05) is 18.2 Å². The van der Waals surface area contributed by atoms with Crippen LogP contribution in [0.15, 0.2) is 24.3 Å². The van der Waals surface area contributed by atoms with Crippen molar-refractivity contribution in [3.8, 4) is 11.5 Å². The number of likely N-dealkylation sites (N-methyl/N-ethyl adjacent to an activating group) is 1. The van der Waals surface area contributed by atoms with Crippen LogP contribution in [-0.4, -0.2) is 55.8 Å². The molecule has 2 heterocycles. The summed E-state index contributed by atoms with van der Waals surface area (Å²) in [6.45, 7) is 0.742. The van der Waals surface area contributed by atoms with Crippen molar-refractivity contribution in [2.45, 2.75) is 42.0 Å². The van der Waals surface area contributed by atoms with Gasteiger partial charge in [0.15, 0.2) is 11.5 Å². The average molecular weight is 417 g/mol. The molecule has 1 aromatic carbocycles. The summed E-state index contributed by atoms with van der Waals surface area (Å²) in [5, 5.41) is 10.5. The molecular formula is C18H18F3NO5S. The molecule has 28 heavy (non-hydrogen) atoms. The van der Waals surface area contributed by atoms with Crippen LogP contribution in [0.3, 0.4) is 0 Å². The largest absolute Gasteiger partial charge is 0.534 e. The van der Waals surface area contributed by atoms with Crippen molar-refractivity contribution < 1.29 is 35.6 Å². The van der Waals surface area contributed by atoms with Crippen molar-refractivity contribution in [2.24, 2.45) is 5.92 Å². The van der Waals surface area contributed by atoms with Gasteiger partial charge < -0.3 is 18.9 Å². The van der Waals surface area contributed by atoms with Crippen LogP contribution in [0.4, 0.5) is 13.2 Å². The van der Waals surface area contributed by atoms with Gasteiger partial charge in [0.1, 0.15) is 12.2 Å². The van der Waals surface area contributed by atoms with Gasteiger partial charge in [-0.3, -0.25) is 0 Å². The lowest BCUT2D eigenvalue weighted by atomic mass is 9.53. The number of ether oxygens (including phenoxy) is 1. The lowest BCUT2D eigenvalue weighted by Gasteiger charge is -2.56. The van der Waals surface area contributed by atoms with Crippen LogP contribution in [0.1, 0.15) is 17.5 Å². The van der Waals surface area contributed by atoms with Gasteiger partial charge >= 0.3 is 15.6 Å². The van der Waals surface area contributed by atoms with Gasteiger partial charge in [-0.2, -0.15) is 21.6 Å². The summed E-state index contributed by atoms with van der Waals surface area (Å²) < 4.78 is 71.9. The quantitative estimate of drug-likeness (QED) is 0.449. The van der Waals surface area contributed by atoms with Gasteiger partial charge in [-0.25, -0.2) is 0 Å². The molecule has 0 radical (unpaired) electrons. The Hall–Kier alpha value is -1.78. The number of benzene rings is 1. The van der Waals surface area contributed by atoms with E-state index in [1.807, 2.05) is 13.1 Å². The highest BCUT2D eigenvalue weighted by molar-refractivity contribution is 7.88. The van der Waals surface area contributed by atoms with E-state index in [9.17, 15) is 26.7 Å². The van der Waals surface area contributed by atoms with Gasteiger partial charge in [-0.15, -0.1) is 0 Å². The molecule has 2 aliphatic carbocycles. The predicted octanol–water partition coefficient (Wildman–Crippen LogP) is 1.72. The van der Waals surface area contributed by atoms with E-state index in [2.05, 4.69) is 9.08 Å². The first-order valence-corrected chi connectivity index (χ1v) is 10.4. The molecule has 152 valence electrons. The maximum Gasteiger partial charge on any atom is 0.534 e. The van der Waals surface area contributed by atoms with E-state index >= 15 is 0 Å². The third-order valence-corrected chi connectivity index (χ3v) is 7.58. The van der Waals surface area contributed by atoms with Crippen LogP contribution >= 0.6 is 0 Å². The molecule has 10 heteroatoms. The minimum absolute atomic E-state index is 0.00563. The summed E-state index contributed by atoms with van der Waals surface area (Å²) in [5.41, 5.74) is -4.56. The Morgan fingerprint density at radius 3 is 2.79 bits per heavy atom. The highest BCUT2D eigenvalue weighted by Gasteiger charge is 2.64. The van der Waals surface area contributed by atoms with E-state index in [-0.39, 0.29) is 17.7 Å². The Morgan fingerprint density at radius 1 is 1.32 bits per heavy atom. The molecule has 5 atom stereocenters. The fourth-order valence-corrected chi connectivity index (χ4v) is 5.92. The minimum Gasteiger partial charge on any atom is -0.482 e. The van der Waals surface area contributed by atoms with Crippen LogP contribution in [0, 0.1) is 5.92 Å². The molecule has 0 amide bonds. The Labute approximate surface area is 159 Å². The SMILES string of the molecule is CN1CC[C@]23c4c5ccc(OS(=O)(=O)C(F)(F)F)c4O[C@H]2[C@@H](O)C=C[C@H]3C1C5. The van der Waals surface area contributed by atoms with Gasteiger partial charge in [0.25, 0.3) is 0 Å². The van der Waals surface area contributed by atoms with E-state index in [4.69, 9.17) is 4.74 Å². The van der Waals surface area contributed by atoms with E-state index < -0.39 is 39.0 Å². The third kappa shape index (κ3) is 2.13. The van der Waals surface area contributed by atoms with Gasteiger partial charge in [0.05, 0.1) is 0 Å². The number of rotatable bonds is 2. The lowest BCUT2D eigenvalue weighted by Crippen LogP contribution is -2.64. The standard InChI is InChI=1S/C18H18F3NO5S/c1-22-7-6-17-10-3-4-12(23)16(17)26-15-13(27-28(24,25)18(19,20)21)5-2-9(14(15)17)8-11(10)22/h2-5,10-12,16,23H,6-8H2,1H3/t10-,11?,12-,16-,17-/m0/s1. The number of hydrogen-bond acceptors (Lipinski definition) is 6. The van der Waals surface area contributed by atoms with Crippen LogP contribution in [0.25, 0.3) is 0 Å². The molecule has 6 nitrogen and oxygen atoms in total. The molecular weight excluding hydrogens is 399 g/mol. The van der Waals surface area contributed by atoms with Gasteiger partial charge in [-0.05, 0) is 38.1 Å². The zero-order valence-electron chi connectivity index (χ0n) is 14.8. The smallest absolute Gasteiger partial charge is 0.482 e. The number of likely N-dealkylation sites (tertiary alicyclic amines) is 1. The second-order valence-electron chi connectivity index (χ2n) is 7.89. The third-order valence-electron chi connectivity index (χ3n) is 6.62. The molecule has 4 aliphatic rings. The molecule has 1 aromatic rings. The molecule has 1 fully saturated rings. The Bertz CT molecular complexity index is 992. The van der Waals surface area contributed by atoms with Crippen molar-refractivity contribution in [3.63, 3.8) is 0 Å². The maximum atomic E-state index is 12.8. The Balaban J connectivity index is 1.69. The summed E-state index contributed by atoms with van der Waals surface area (Å²) in [7, 11) is -3.80. The fraction of sp³-hybridized carbons (Fsp3) is 0.556. The van der Waals surface area contributed by atoms with E-state index in [0.717, 1.165) is 12.1 Å². The molecule has 2 bridgehead atoms. The first-order chi connectivity index (χ1) is 13.1. The van der Waals surface area contributed by atoms with Crippen molar-refractivity contribution in [1.29, 1.82) is 0 Å². The summed E-state index contributed by atoms with van der Waals surface area (Å²) in [4.78, 5) is 2.24. The predicted molar refractivity (Wildman–Crippen MR) is 91.5 cm³/mol. The van der Waals surface area contributed by atoms with Crippen molar-refractivity contribution in [3.05, 3.63) is 35.4 Å². The number of aliphatic hydroxyl groups excluding tert-OH is 1. The fourth-order valence-electron chi connectivity index (χ4n) is 5.46. The normalized spacial score (nSPS) is 36.0. The Kier molecular flexibility index (Phi) is 3.54. The van der Waals surface area contributed by atoms with E-state index in [1.165, 1.54) is 6.07 Å². The molecule has 0 aromatic heterocycles. The summed E-state index contributed by atoms with van der Waals surface area (Å²) in [5.74, 6) is -0.461. The van der Waals surface area contributed by atoms with Crippen molar-refractivity contribution >= 4 is 10.1 Å². The monoisotopic (exact) mass is 417 g/mol. The average Bonchev–Trinajstić information content (AvgIpc) is 2.96. The maximum absolute atomic E-state index is 12.8. The van der Waals surface area contributed by atoms with E-state index in [1.54, 1.807) is 12.1 Å². The number of nitrogens with zero attached hydrogens (tertiary/aromatic N) is 1. The number of hydrogen-bond donors (Lipinski definition) is 1. The van der Waals surface area contributed by atoms with Crippen LogP contribution in [0.2, 0.25) is 0 Å². The lowest BCUT2D eigenvalue weighted by molar-refractivity contribution is -0.0507. The summed E-state index contributed by atoms with van der Waals surface area (Å²) in [6.07, 6.45) is 3.30. The molecule has 2 aliphatic heterocycles. The highest BCUT2D eigenvalue weighted by Crippen LogP contribution is 2.62. The van der Waals surface area contributed by atoms with Crippen LogP contribution < -0.4 is 8.92 Å². The molecule has 1 N–H and O–H groups in total. The molecule has 1 unspecified atom stereocenters. The molecule has 0 saturated carbocycles. The number of aliphatic hydroxyl groups is 1. The van der Waals surface area contributed by atoms with Crippen molar-refractivity contribution in [1.82, 2.24) is 4.90 Å². The summed E-state index contributed by atoms with van der Waals surface area (Å²) in [6, 6.07) is 3.00. The number of piperidine rings is 1. The molecule has 5 rings (SSSR count). The molecule has 1 saturated heterocycles. The second kappa shape index (κ2) is 5.43. The minimum atomic E-state index is -5.83. The first-order valence-electron chi connectivity index (χ1n) is 8.96. The van der Waals surface area contributed by atoms with Crippen molar-refractivity contribution in [2.75, 3.05) is 13.6 Å². The second-order valence-corrected chi connectivity index (χ2v) is 9.43. The molecule has 1 spiro atoms. The van der Waals surface area contributed by atoms with Gasteiger partial charge in [0, 0.05) is 22.9 Å². The van der Waals surface area contributed by atoms with E-state index in [0.29, 0.717) is 18.4 Å². The number of halogens is 3. The first kappa shape index (κ1) is 18.3. The highest BCUT2D eigenvalue weighted by atomic mass is 32.2. The zero-order valence-corrected chi connectivity index (χ0v) is 15.6. The Morgan fingerprint density at radius 2 is 2.07 bits per heavy atom. The van der Waals surface area contributed by atoms with Gasteiger partial charge in [0.2, 0.25) is 0 Å². The zero-order chi connectivity index (χ0) is 20.1. The number of alkyl halides is 3. The van der Waals surface area contributed by atoms with Crippen LogP contribution in [0.5, 0.6) is 11.5 Å². The summed E-state index contributed by atoms with van der Waals surface area (Å²) >= 11 is 0.